The van der Waals surface area contributed by atoms with E-state index < -0.39 is 0 Å². The lowest BCUT2D eigenvalue weighted by molar-refractivity contribution is 0.355. The van der Waals surface area contributed by atoms with Crippen LogP contribution in [0.25, 0.3) is 11.3 Å². The Bertz CT molecular complexity index is 1110. The Balaban J connectivity index is 1.46. The monoisotopic (exact) mass is 427 g/mol. The Kier molecular flexibility index (Phi) is 5.78. The second kappa shape index (κ2) is 8.63. The van der Waals surface area contributed by atoms with Crippen LogP contribution in [0.1, 0.15) is 22.3 Å². The first-order chi connectivity index (χ1) is 14.1. The van der Waals surface area contributed by atoms with Crippen LogP contribution in [-0.4, -0.2) is 29.3 Å². The number of aromatic nitrogens is 3. The van der Waals surface area contributed by atoms with Gasteiger partial charge in [0.15, 0.2) is 17.3 Å². The van der Waals surface area contributed by atoms with Gasteiger partial charge in [-0.05, 0) is 35.9 Å². The topological polar surface area (TPSA) is 70.3 Å². The molecule has 4 aromatic rings. The summed E-state index contributed by atoms with van der Waals surface area (Å²) in [6, 6.07) is 13.3. The number of hydrogen-bond donors (Lipinski definition) is 0. The van der Waals surface area contributed by atoms with E-state index in [2.05, 4.69) is 15.1 Å². The molecule has 0 N–H and O–H groups in total. The van der Waals surface area contributed by atoms with E-state index in [1.807, 2.05) is 47.8 Å². The van der Waals surface area contributed by atoms with Crippen LogP contribution >= 0.6 is 22.9 Å². The average Bonchev–Trinajstić information content (AvgIpc) is 3.39. The van der Waals surface area contributed by atoms with Crippen molar-refractivity contribution in [3.8, 4) is 22.8 Å². The van der Waals surface area contributed by atoms with Gasteiger partial charge in [0.25, 0.3) is 0 Å². The molecule has 0 aliphatic carbocycles. The highest BCUT2D eigenvalue weighted by atomic mass is 35.5. The smallest absolute Gasteiger partial charge is 0.233 e. The molecule has 0 unspecified atom stereocenters. The second-order valence-electron chi connectivity index (χ2n) is 6.28. The van der Waals surface area contributed by atoms with Crippen LogP contribution in [0.15, 0.2) is 52.4 Å². The molecule has 0 aliphatic rings. The fourth-order valence-corrected chi connectivity index (χ4v) is 3.79. The lowest BCUT2D eigenvalue weighted by Crippen LogP contribution is -1.93. The standard InChI is InChI=1S/C21H18ClN3O3S/c1-26-17-8-5-14(10-18(17)27-2)16-12-29-21(23-16)11-20-24-19(25-28-20)9-13-3-6-15(22)7-4-13/h3-8,10,12H,9,11H2,1-2H3. The first-order valence-corrected chi connectivity index (χ1v) is 10.1. The van der Waals surface area contributed by atoms with E-state index in [0.717, 1.165) is 21.8 Å². The molecule has 0 saturated heterocycles. The Morgan fingerprint density at radius 2 is 1.76 bits per heavy atom. The van der Waals surface area contributed by atoms with Gasteiger partial charge in [0.05, 0.1) is 26.3 Å². The largest absolute Gasteiger partial charge is 0.493 e. The molecule has 0 saturated carbocycles. The predicted molar refractivity (Wildman–Crippen MR) is 112 cm³/mol. The van der Waals surface area contributed by atoms with Gasteiger partial charge in [-0.2, -0.15) is 4.98 Å². The highest BCUT2D eigenvalue weighted by molar-refractivity contribution is 7.10. The lowest BCUT2D eigenvalue weighted by Gasteiger charge is -2.08. The van der Waals surface area contributed by atoms with Crippen LogP contribution in [0, 0.1) is 0 Å². The molecular formula is C21H18ClN3O3S. The normalized spacial score (nSPS) is 10.9. The molecule has 0 radical (unpaired) electrons. The molecule has 8 heteroatoms. The Hall–Kier alpha value is -2.90. The molecule has 2 aromatic carbocycles. The van der Waals surface area contributed by atoms with Crippen molar-refractivity contribution in [1.29, 1.82) is 0 Å². The third-order valence-electron chi connectivity index (χ3n) is 4.32. The van der Waals surface area contributed by atoms with Crippen molar-refractivity contribution in [3.05, 3.63) is 75.2 Å². The number of thiazole rings is 1. The SMILES string of the molecule is COc1ccc(-c2csc(Cc3nc(Cc4ccc(Cl)cc4)no3)n2)cc1OC. The Morgan fingerprint density at radius 3 is 2.52 bits per heavy atom. The van der Waals surface area contributed by atoms with Crippen molar-refractivity contribution in [3.63, 3.8) is 0 Å². The molecule has 148 valence electrons. The highest BCUT2D eigenvalue weighted by Gasteiger charge is 2.13. The fraction of sp³-hybridized carbons (Fsp3) is 0.190. The molecule has 0 bridgehead atoms. The van der Waals surface area contributed by atoms with Crippen molar-refractivity contribution in [2.75, 3.05) is 14.2 Å². The molecule has 0 spiro atoms. The van der Waals surface area contributed by atoms with Crippen LogP contribution in [0.5, 0.6) is 11.5 Å². The maximum atomic E-state index is 5.92. The number of hydrogen-bond acceptors (Lipinski definition) is 7. The molecule has 0 fully saturated rings. The maximum absolute atomic E-state index is 5.92. The van der Waals surface area contributed by atoms with Crippen LogP contribution < -0.4 is 9.47 Å². The predicted octanol–water partition coefficient (Wildman–Crippen LogP) is 5.05. The third-order valence-corrected chi connectivity index (χ3v) is 5.42. The van der Waals surface area contributed by atoms with Gasteiger partial charge in [0.2, 0.25) is 5.89 Å². The van der Waals surface area contributed by atoms with Crippen molar-refractivity contribution in [2.24, 2.45) is 0 Å². The minimum Gasteiger partial charge on any atom is -0.493 e. The lowest BCUT2D eigenvalue weighted by atomic mass is 10.1. The van der Waals surface area contributed by atoms with Crippen LogP contribution in [0.3, 0.4) is 0 Å². The minimum absolute atomic E-state index is 0.492. The summed E-state index contributed by atoms with van der Waals surface area (Å²) >= 11 is 7.47. The van der Waals surface area contributed by atoms with E-state index in [1.165, 1.54) is 0 Å². The molecular weight excluding hydrogens is 410 g/mol. The molecule has 6 nitrogen and oxygen atoms in total. The van der Waals surface area contributed by atoms with Gasteiger partial charge in [-0.15, -0.1) is 11.3 Å². The Labute approximate surface area is 177 Å². The zero-order valence-electron chi connectivity index (χ0n) is 15.9. The van der Waals surface area contributed by atoms with Gasteiger partial charge in [0, 0.05) is 22.4 Å². The van der Waals surface area contributed by atoms with Gasteiger partial charge in [-0.25, -0.2) is 4.98 Å². The summed E-state index contributed by atoms with van der Waals surface area (Å²) in [5.74, 6) is 2.54. The van der Waals surface area contributed by atoms with E-state index in [-0.39, 0.29) is 0 Å². The molecule has 0 aliphatic heterocycles. The van der Waals surface area contributed by atoms with Gasteiger partial charge in [-0.3, -0.25) is 0 Å². The van der Waals surface area contributed by atoms with E-state index in [9.17, 15) is 0 Å². The van der Waals surface area contributed by atoms with Gasteiger partial charge in [-0.1, -0.05) is 28.9 Å². The van der Waals surface area contributed by atoms with E-state index in [4.69, 9.17) is 25.6 Å². The fourth-order valence-electron chi connectivity index (χ4n) is 2.87. The second-order valence-corrected chi connectivity index (χ2v) is 7.66. The molecule has 4 rings (SSSR count). The maximum Gasteiger partial charge on any atom is 0.233 e. The first-order valence-electron chi connectivity index (χ1n) is 8.87. The zero-order chi connectivity index (χ0) is 20.2. The molecule has 2 aromatic heterocycles. The summed E-state index contributed by atoms with van der Waals surface area (Å²) in [7, 11) is 3.23. The average molecular weight is 428 g/mol. The van der Waals surface area contributed by atoms with Crippen LogP contribution in [0.2, 0.25) is 5.02 Å². The summed E-state index contributed by atoms with van der Waals surface area (Å²) in [5, 5.41) is 7.67. The Morgan fingerprint density at radius 1 is 0.966 bits per heavy atom. The summed E-state index contributed by atoms with van der Waals surface area (Å²) in [4.78, 5) is 9.16. The van der Waals surface area contributed by atoms with Gasteiger partial charge in [0.1, 0.15) is 5.01 Å². The number of methoxy groups -OCH3 is 2. The summed E-state index contributed by atoms with van der Waals surface area (Å²) in [6.45, 7) is 0. The summed E-state index contributed by atoms with van der Waals surface area (Å²) in [5.41, 5.74) is 2.90. The van der Waals surface area contributed by atoms with Crippen molar-refractivity contribution >= 4 is 22.9 Å². The molecule has 0 atom stereocenters. The number of ether oxygens (including phenoxy) is 2. The van der Waals surface area contributed by atoms with Gasteiger partial charge < -0.3 is 14.0 Å². The number of rotatable bonds is 7. The van der Waals surface area contributed by atoms with E-state index in [0.29, 0.717) is 41.1 Å². The minimum atomic E-state index is 0.492. The first kappa shape index (κ1) is 19.4. The number of benzene rings is 2. The summed E-state index contributed by atoms with van der Waals surface area (Å²) < 4.78 is 16.0. The van der Waals surface area contributed by atoms with E-state index >= 15 is 0 Å². The van der Waals surface area contributed by atoms with Crippen molar-refractivity contribution < 1.29 is 14.0 Å². The summed E-state index contributed by atoms with van der Waals surface area (Å²) in [6.07, 6.45) is 1.08. The highest BCUT2D eigenvalue weighted by Crippen LogP contribution is 2.33. The number of halogens is 1. The van der Waals surface area contributed by atoms with E-state index in [1.54, 1.807) is 25.6 Å². The van der Waals surface area contributed by atoms with Crippen molar-refractivity contribution in [2.45, 2.75) is 12.8 Å². The van der Waals surface area contributed by atoms with Crippen LogP contribution in [0.4, 0.5) is 0 Å². The number of nitrogens with zero attached hydrogens (tertiary/aromatic N) is 3. The van der Waals surface area contributed by atoms with Crippen LogP contribution in [-0.2, 0) is 12.8 Å². The molecule has 0 amide bonds. The molecule has 2 heterocycles. The quantitative estimate of drug-likeness (QED) is 0.411. The van der Waals surface area contributed by atoms with Crippen molar-refractivity contribution in [1.82, 2.24) is 15.1 Å². The zero-order valence-corrected chi connectivity index (χ0v) is 17.5. The van der Waals surface area contributed by atoms with Gasteiger partial charge >= 0.3 is 0 Å². The third kappa shape index (κ3) is 4.58. The molecule has 29 heavy (non-hydrogen) atoms.